The Bertz CT molecular complexity index is 745. The summed E-state index contributed by atoms with van der Waals surface area (Å²) >= 11 is 0. The molecule has 0 saturated carbocycles. The largest absolute Gasteiger partial charge is 0.399 e. The van der Waals surface area contributed by atoms with E-state index in [1.165, 1.54) is 0 Å². The zero-order valence-corrected chi connectivity index (χ0v) is 12.2. The fraction of sp³-hybridized carbons (Fsp3) is 0.375. The molecule has 6 nitrogen and oxygen atoms in total. The number of hydrogen-bond donors (Lipinski definition) is 3. The number of nitrogens with zero attached hydrogens (tertiary/aromatic N) is 2. The first kappa shape index (κ1) is 14.4. The van der Waals surface area contributed by atoms with Gasteiger partial charge in [-0.1, -0.05) is 0 Å². The number of benzene rings is 1. The molecular weight excluding hydrogens is 278 g/mol. The maximum Gasteiger partial charge on any atom is 0.240 e. The SMILES string of the molecule is N#C[C@@H]1CCCN1C(=O)C(N)Cc1c[nH]c2ccc(N)cc12. The Morgan fingerprint density at radius 2 is 2.36 bits per heavy atom. The second kappa shape index (κ2) is 5.70. The van der Waals surface area contributed by atoms with Crippen LogP contribution in [0.3, 0.4) is 0 Å². The van der Waals surface area contributed by atoms with Crippen molar-refractivity contribution in [2.45, 2.75) is 31.3 Å². The van der Waals surface area contributed by atoms with Crippen LogP contribution in [-0.2, 0) is 11.2 Å². The van der Waals surface area contributed by atoms with Gasteiger partial charge in [0.05, 0.1) is 12.1 Å². The van der Waals surface area contributed by atoms with Crippen molar-refractivity contribution in [2.75, 3.05) is 12.3 Å². The zero-order valence-electron chi connectivity index (χ0n) is 12.2. The number of aromatic amines is 1. The number of amides is 1. The molecule has 1 aliphatic heterocycles. The van der Waals surface area contributed by atoms with Crippen molar-refractivity contribution in [3.63, 3.8) is 0 Å². The van der Waals surface area contributed by atoms with Gasteiger partial charge in [0.1, 0.15) is 6.04 Å². The van der Waals surface area contributed by atoms with Crippen molar-refractivity contribution < 1.29 is 4.79 Å². The molecule has 0 bridgehead atoms. The molecule has 114 valence electrons. The molecule has 2 aromatic rings. The van der Waals surface area contributed by atoms with Crippen LogP contribution in [-0.4, -0.2) is 34.4 Å². The fourth-order valence-corrected chi connectivity index (χ4v) is 3.07. The number of fused-ring (bicyclic) bond motifs is 1. The fourth-order valence-electron chi connectivity index (χ4n) is 3.07. The summed E-state index contributed by atoms with van der Waals surface area (Å²) in [5, 5.41) is 10.1. The van der Waals surface area contributed by atoms with Gasteiger partial charge in [-0.15, -0.1) is 0 Å². The molecule has 2 heterocycles. The third-order valence-corrected chi connectivity index (χ3v) is 4.23. The molecule has 1 fully saturated rings. The van der Waals surface area contributed by atoms with Crippen LogP contribution < -0.4 is 11.5 Å². The van der Waals surface area contributed by atoms with Crippen LogP contribution in [0.5, 0.6) is 0 Å². The van der Waals surface area contributed by atoms with Gasteiger partial charge in [-0.2, -0.15) is 5.26 Å². The molecule has 1 aliphatic rings. The van der Waals surface area contributed by atoms with E-state index in [-0.39, 0.29) is 11.9 Å². The third-order valence-electron chi connectivity index (χ3n) is 4.23. The maximum absolute atomic E-state index is 12.5. The molecule has 0 radical (unpaired) electrons. The van der Waals surface area contributed by atoms with E-state index < -0.39 is 6.04 Å². The number of carbonyl (C=O) groups excluding carboxylic acids is 1. The lowest BCUT2D eigenvalue weighted by Crippen LogP contribution is -2.46. The number of H-pyrrole nitrogens is 1. The molecule has 1 amide bonds. The summed E-state index contributed by atoms with van der Waals surface area (Å²) in [7, 11) is 0. The summed E-state index contributed by atoms with van der Waals surface area (Å²) in [6, 6.07) is 6.81. The number of rotatable bonds is 3. The predicted octanol–water partition coefficient (Wildman–Crippen LogP) is 1.13. The Hall–Kier alpha value is -2.52. The monoisotopic (exact) mass is 297 g/mol. The van der Waals surface area contributed by atoms with E-state index >= 15 is 0 Å². The van der Waals surface area contributed by atoms with Crippen molar-refractivity contribution in [1.29, 1.82) is 5.26 Å². The summed E-state index contributed by atoms with van der Waals surface area (Å²) < 4.78 is 0. The molecule has 1 unspecified atom stereocenters. The molecule has 3 rings (SSSR count). The van der Waals surface area contributed by atoms with Gasteiger partial charge in [-0.25, -0.2) is 0 Å². The highest BCUT2D eigenvalue weighted by Gasteiger charge is 2.31. The number of hydrogen-bond acceptors (Lipinski definition) is 4. The highest BCUT2D eigenvalue weighted by molar-refractivity contribution is 5.88. The van der Waals surface area contributed by atoms with Gasteiger partial charge in [-0.05, 0) is 43.0 Å². The molecular formula is C16H19N5O. The van der Waals surface area contributed by atoms with Crippen LogP contribution in [0.25, 0.3) is 10.9 Å². The van der Waals surface area contributed by atoms with Gasteiger partial charge >= 0.3 is 0 Å². The first-order chi connectivity index (χ1) is 10.6. The average Bonchev–Trinajstić information content (AvgIpc) is 3.13. The van der Waals surface area contributed by atoms with E-state index in [2.05, 4.69) is 11.1 Å². The number of aromatic nitrogens is 1. The Kier molecular flexibility index (Phi) is 3.73. The van der Waals surface area contributed by atoms with Crippen LogP contribution >= 0.6 is 0 Å². The summed E-state index contributed by atoms with van der Waals surface area (Å²) in [5.74, 6) is -0.151. The van der Waals surface area contributed by atoms with Crippen molar-refractivity contribution in [1.82, 2.24) is 9.88 Å². The molecule has 0 aliphatic carbocycles. The van der Waals surface area contributed by atoms with E-state index in [0.29, 0.717) is 18.7 Å². The van der Waals surface area contributed by atoms with Crippen LogP contribution in [0.1, 0.15) is 18.4 Å². The van der Waals surface area contributed by atoms with Gasteiger partial charge in [0.15, 0.2) is 0 Å². The van der Waals surface area contributed by atoms with Crippen molar-refractivity contribution in [3.05, 3.63) is 30.0 Å². The second-order valence-electron chi connectivity index (χ2n) is 5.75. The summed E-state index contributed by atoms with van der Waals surface area (Å²) in [6.45, 7) is 0.617. The smallest absolute Gasteiger partial charge is 0.240 e. The first-order valence-corrected chi connectivity index (χ1v) is 7.41. The second-order valence-corrected chi connectivity index (χ2v) is 5.75. The average molecular weight is 297 g/mol. The van der Waals surface area contributed by atoms with E-state index in [1.54, 1.807) is 4.90 Å². The number of nitrogen functional groups attached to an aromatic ring is 1. The molecule has 0 spiro atoms. The van der Waals surface area contributed by atoms with Crippen LogP contribution in [0, 0.1) is 11.3 Å². The lowest BCUT2D eigenvalue weighted by molar-refractivity contribution is -0.132. The number of likely N-dealkylation sites (tertiary alicyclic amines) is 1. The number of nitrogens with one attached hydrogen (secondary N) is 1. The van der Waals surface area contributed by atoms with E-state index in [0.717, 1.165) is 29.3 Å². The predicted molar refractivity (Wildman–Crippen MR) is 84.7 cm³/mol. The van der Waals surface area contributed by atoms with Crippen LogP contribution in [0.15, 0.2) is 24.4 Å². The highest BCUT2D eigenvalue weighted by Crippen LogP contribution is 2.23. The first-order valence-electron chi connectivity index (χ1n) is 7.41. The Balaban J connectivity index is 1.78. The number of carbonyl (C=O) groups is 1. The standard InChI is InChI=1S/C16H19N5O/c17-8-12-2-1-5-21(12)16(22)14(19)6-10-9-20-15-4-3-11(18)7-13(10)15/h3-4,7,9,12,14,20H,1-2,5-6,18-19H2/t12-,14?/m0/s1. The summed E-state index contributed by atoms with van der Waals surface area (Å²) in [5.41, 5.74) is 14.5. The van der Waals surface area contributed by atoms with Crippen LogP contribution in [0.2, 0.25) is 0 Å². The topological polar surface area (TPSA) is 112 Å². The Morgan fingerprint density at radius 1 is 1.55 bits per heavy atom. The highest BCUT2D eigenvalue weighted by atomic mass is 16.2. The van der Waals surface area contributed by atoms with Gasteiger partial charge in [0, 0.05) is 29.3 Å². The number of nitriles is 1. The maximum atomic E-state index is 12.5. The van der Waals surface area contributed by atoms with Crippen molar-refractivity contribution in [2.24, 2.45) is 5.73 Å². The normalized spacial score (nSPS) is 19.3. The zero-order chi connectivity index (χ0) is 15.7. The van der Waals surface area contributed by atoms with Crippen molar-refractivity contribution in [3.8, 4) is 6.07 Å². The molecule has 2 atom stereocenters. The molecule has 6 heteroatoms. The minimum atomic E-state index is -0.644. The number of nitrogens with two attached hydrogens (primary N) is 2. The minimum absolute atomic E-state index is 0.151. The van der Waals surface area contributed by atoms with Gasteiger partial charge < -0.3 is 21.4 Å². The molecule has 1 saturated heterocycles. The van der Waals surface area contributed by atoms with Gasteiger partial charge in [-0.3, -0.25) is 4.79 Å². The Morgan fingerprint density at radius 3 is 3.14 bits per heavy atom. The quantitative estimate of drug-likeness (QED) is 0.737. The summed E-state index contributed by atoms with van der Waals surface area (Å²) in [4.78, 5) is 17.2. The number of anilines is 1. The lowest BCUT2D eigenvalue weighted by Gasteiger charge is -2.23. The van der Waals surface area contributed by atoms with E-state index in [9.17, 15) is 4.79 Å². The Labute approximate surface area is 128 Å². The minimum Gasteiger partial charge on any atom is -0.399 e. The molecule has 5 N–H and O–H groups in total. The van der Waals surface area contributed by atoms with E-state index in [4.69, 9.17) is 16.7 Å². The third kappa shape index (κ3) is 2.51. The summed E-state index contributed by atoms with van der Waals surface area (Å²) in [6.07, 6.45) is 3.89. The molecule has 1 aromatic heterocycles. The van der Waals surface area contributed by atoms with Gasteiger partial charge in [0.25, 0.3) is 0 Å². The molecule has 22 heavy (non-hydrogen) atoms. The van der Waals surface area contributed by atoms with Gasteiger partial charge in [0.2, 0.25) is 5.91 Å². The molecule has 1 aromatic carbocycles. The van der Waals surface area contributed by atoms with Crippen molar-refractivity contribution >= 4 is 22.5 Å². The van der Waals surface area contributed by atoms with Crippen LogP contribution in [0.4, 0.5) is 5.69 Å². The lowest BCUT2D eigenvalue weighted by atomic mass is 10.0. The van der Waals surface area contributed by atoms with E-state index in [1.807, 2.05) is 24.4 Å².